The fourth-order valence-electron chi connectivity index (χ4n) is 3.32. The van der Waals surface area contributed by atoms with E-state index in [4.69, 9.17) is 0 Å². The molecule has 1 aliphatic heterocycles. The van der Waals surface area contributed by atoms with Crippen LogP contribution in [0.25, 0.3) is 0 Å². The Hall–Kier alpha value is -2.01. The lowest BCUT2D eigenvalue weighted by atomic mass is 10.0. The number of pyridine rings is 1. The summed E-state index contributed by atoms with van der Waals surface area (Å²) in [4.78, 5) is 16.0. The van der Waals surface area contributed by atoms with Gasteiger partial charge in [-0.3, -0.25) is 4.98 Å². The zero-order valence-electron chi connectivity index (χ0n) is 14.1. The van der Waals surface area contributed by atoms with Crippen molar-refractivity contribution < 1.29 is 0 Å². The zero-order valence-corrected chi connectivity index (χ0v) is 14.1. The lowest BCUT2D eigenvalue weighted by Crippen LogP contribution is -2.40. The van der Waals surface area contributed by atoms with E-state index in [1.165, 1.54) is 31.4 Å². The Kier molecular flexibility index (Phi) is 4.69. The second-order valence-electron chi connectivity index (χ2n) is 6.91. The molecule has 3 heterocycles. The average molecular weight is 323 g/mol. The van der Waals surface area contributed by atoms with Crippen LogP contribution in [0.15, 0.2) is 36.7 Å². The van der Waals surface area contributed by atoms with Crippen LogP contribution in [0.2, 0.25) is 0 Å². The summed E-state index contributed by atoms with van der Waals surface area (Å²) in [6.07, 6.45) is 9.65. The molecule has 0 aromatic carbocycles. The van der Waals surface area contributed by atoms with E-state index >= 15 is 0 Å². The molecular formula is C19H25N5. The molecular weight excluding hydrogens is 298 g/mol. The van der Waals surface area contributed by atoms with Crippen molar-refractivity contribution in [3.05, 3.63) is 48.2 Å². The maximum atomic E-state index is 4.68. The Bertz CT molecular complexity index is 648. The molecule has 1 saturated heterocycles. The van der Waals surface area contributed by atoms with Crippen LogP contribution < -0.4 is 5.32 Å². The molecule has 2 aromatic heterocycles. The first-order valence-corrected chi connectivity index (χ1v) is 9.08. The largest absolute Gasteiger partial charge is 0.367 e. The number of piperidine rings is 1. The number of anilines is 1. The molecule has 0 unspecified atom stereocenters. The number of nitrogens with one attached hydrogen (secondary N) is 1. The van der Waals surface area contributed by atoms with Gasteiger partial charge in [-0.1, -0.05) is 6.07 Å². The van der Waals surface area contributed by atoms with Gasteiger partial charge in [0.15, 0.2) is 0 Å². The summed E-state index contributed by atoms with van der Waals surface area (Å²) >= 11 is 0. The molecule has 0 bridgehead atoms. The standard InChI is InChI=1S/C19H25N5/c1-2-10-20-16(3-1)7-12-24-13-8-17(9-14-24)22-18-6-11-21-19(23-18)15-4-5-15/h1-3,6,10-11,15,17H,4-5,7-9,12-14H2,(H,21,22,23). The number of rotatable bonds is 6. The highest BCUT2D eigenvalue weighted by molar-refractivity contribution is 5.35. The second kappa shape index (κ2) is 7.26. The highest BCUT2D eigenvalue weighted by atomic mass is 15.1. The minimum Gasteiger partial charge on any atom is -0.367 e. The van der Waals surface area contributed by atoms with Gasteiger partial charge in [-0.05, 0) is 43.9 Å². The third-order valence-corrected chi connectivity index (χ3v) is 4.97. The molecule has 5 nitrogen and oxygen atoms in total. The van der Waals surface area contributed by atoms with Crippen molar-refractivity contribution in [1.82, 2.24) is 19.9 Å². The van der Waals surface area contributed by atoms with Gasteiger partial charge in [-0.15, -0.1) is 0 Å². The van der Waals surface area contributed by atoms with Gasteiger partial charge in [0.2, 0.25) is 0 Å². The van der Waals surface area contributed by atoms with Crippen molar-refractivity contribution in [3.63, 3.8) is 0 Å². The summed E-state index contributed by atoms with van der Waals surface area (Å²) in [5, 5.41) is 3.61. The molecule has 24 heavy (non-hydrogen) atoms. The summed E-state index contributed by atoms with van der Waals surface area (Å²) in [5.41, 5.74) is 1.19. The van der Waals surface area contributed by atoms with E-state index in [-0.39, 0.29) is 0 Å². The van der Waals surface area contributed by atoms with E-state index in [0.717, 1.165) is 37.7 Å². The number of nitrogens with zero attached hydrogens (tertiary/aromatic N) is 4. The monoisotopic (exact) mass is 323 g/mol. The normalized spacial score (nSPS) is 19.3. The molecule has 1 N–H and O–H groups in total. The van der Waals surface area contributed by atoms with Crippen molar-refractivity contribution in [1.29, 1.82) is 0 Å². The third-order valence-electron chi connectivity index (χ3n) is 4.97. The smallest absolute Gasteiger partial charge is 0.133 e. The van der Waals surface area contributed by atoms with Crippen LogP contribution in [0.4, 0.5) is 5.82 Å². The molecule has 126 valence electrons. The maximum Gasteiger partial charge on any atom is 0.133 e. The van der Waals surface area contributed by atoms with Crippen molar-refractivity contribution in [2.45, 2.75) is 44.1 Å². The first-order valence-electron chi connectivity index (χ1n) is 9.08. The molecule has 0 atom stereocenters. The second-order valence-corrected chi connectivity index (χ2v) is 6.91. The molecule has 5 heteroatoms. The predicted molar refractivity (Wildman–Crippen MR) is 95.0 cm³/mol. The van der Waals surface area contributed by atoms with Gasteiger partial charge in [0.25, 0.3) is 0 Å². The van der Waals surface area contributed by atoms with E-state index in [9.17, 15) is 0 Å². The van der Waals surface area contributed by atoms with E-state index in [2.05, 4.69) is 37.3 Å². The van der Waals surface area contributed by atoms with Gasteiger partial charge < -0.3 is 10.2 Å². The van der Waals surface area contributed by atoms with Crippen molar-refractivity contribution in [3.8, 4) is 0 Å². The SMILES string of the molecule is c1ccc(CCN2CCC(Nc3ccnc(C4CC4)n3)CC2)nc1. The van der Waals surface area contributed by atoms with Gasteiger partial charge in [-0.25, -0.2) is 9.97 Å². The van der Waals surface area contributed by atoms with Crippen molar-refractivity contribution >= 4 is 5.82 Å². The number of likely N-dealkylation sites (tertiary alicyclic amines) is 1. The van der Waals surface area contributed by atoms with Crippen molar-refractivity contribution in [2.24, 2.45) is 0 Å². The summed E-state index contributed by atoms with van der Waals surface area (Å²) in [7, 11) is 0. The fourth-order valence-corrected chi connectivity index (χ4v) is 3.32. The molecule has 4 rings (SSSR count). The quantitative estimate of drug-likeness (QED) is 0.886. The van der Waals surface area contributed by atoms with Crippen LogP contribution in [-0.2, 0) is 6.42 Å². The first-order chi connectivity index (χ1) is 11.9. The molecule has 0 radical (unpaired) electrons. The summed E-state index contributed by atoms with van der Waals surface area (Å²) in [6.45, 7) is 3.39. The van der Waals surface area contributed by atoms with Gasteiger partial charge in [0, 0.05) is 56.1 Å². The Balaban J connectivity index is 1.23. The van der Waals surface area contributed by atoms with Crippen LogP contribution in [0.3, 0.4) is 0 Å². The minimum atomic E-state index is 0.526. The average Bonchev–Trinajstić information content (AvgIpc) is 3.48. The number of aromatic nitrogens is 3. The molecule has 2 aromatic rings. The van der Waals surface area contributed by atoms with Gasteiger partial charge in [0.05, 0.1) is 0 Å². The summed E-state index contributed by atoms with van der Waals surface area (Å²) < 4.78 is 0. The zero-order chi connectivity index (χ0) is 16.2. The topological polar surface area (TPSA) is 53.9 Å². The fraction of sp³-hybridized carbons (Fsp3) is 0.526. The molecule has 1 aliphatic carbocycles. The van der Waals surface area contributed by atoms with Crippen LogP contribution in [0, 0.1) is 0 Å². The lowest BCUT2D eigenvalue weighted by Gasteiger charge is -2.32. The maximum absolute atomic E-state index is 4.68. The van der Waals surface area contributed by atoms with Gasteiger partial charge in [-0.2, -0.15) is 0 Å². The van der Waals surface area contributed by atoms with Crippen LogP contribution >= 0.6 is 0 Å². The lowest BCUT2D eigenvalue weighted by molar-refractivity contribution is 0.221. The Labute approximate surface area is 143 Å². The first kappa shape index (κ1) is 15.5. The Morgan fingerprint density at radius 3 is 2.62 bits per heavy atom. The Morgan fingerprint density at radius 1 is 1.00 bits per heavy atom. The summed E-state index contributed by atoms with van der Waals surface area (Å²) in [5.74, 6) is 2.63. The van der Waals surface area contributed by atoms with Crippen molar-refractivity contribution in [2.75, 3.05) is 25.0 Å². The predicted octanol–water partition coefficient (Wildman–Crippen LogP) is 2.87. The highest BCUT2D eigenvalue weighted by Crippen LogP contribution is 2.38. The van der Waals surface area contributed by atoms with Crippen LogP contribution in [0.1, 0.15) is 43.1 Å². The number of hydrogen-bond acceptors (Lipinski definition) is 5. The van der Waals surface area contributed by atoms with Crippen LogP contribution in [-0.4, -0.2) is 45.5 Å². The Morgan fingerprint density at radius 2 is 1.88 bits per heavy atom. The van der Waals surface area contributed by atoms with E-state index in [0.29, 0.717) is 12.0 Å². The van der Waals surface area contributed by atoms with Gasteiger partial charge in [0.1, 0.15) is 11.6 Å². The van der Waals surface area contributed by atoms with E-state index in [1.807, 2.05) is 24.5 Å². The molecule has 1 saturated carbocycles. The summed E-state index contributed by atoms with van der Waals surface area (Å²) in [6, 6.07) is 8.68. The third kappa shape index (κ3) is 4.09. The van der Waals surface area contributed by atoms with Gasteiger partial charge >= 0.3 is 0 Å². The molecule has 2 aliphatic rings. The van der Waals surface area contributed by atoms with E-state index in [1.54, 1.807) is 0 Å². The molecule has 0 amide bonds. The van der Waals surface area contributed by atoms with E-state index < -0.39 is 0 Å². The minimum absolute atomic E-state index is 0.526. The van der Waals surface area contributed by atoms with Crippen LogP contribution in [0.5, 0.6) is 0 Å². The highest BCUT2D eigenvalue weighted by Gasteiger charge is 2.27. The number of hydrogen-bond donors (Lipinski definition) is 1. The molecule has 2 fully saturated rings. The molecule has 0 spiro atoms.